The van der Waals surface area contributed by atoms with Crippen molar-refractivity contribution < 1.29 is 31.9 Å². The van der Waals surface area contributed by atoms with Crippen LogP contribution in [0.3, 0.4) is 0 Å². The first-order valence-electron chi connectivity index (χ1n) is 10.1. The Morgan fingerprint density at radius 1 is 1.12 bits per heavy atom. The van der Waals surface area contributed by atoms with Crippen molar-refractivity contribution >= 4 is 23.6 Å². The van der Waals surface area contributed by atoms with E-state index in [1.165, 1.54) is 35.2 Å². The summed E-state index contributed by atoms with van der Waals surface area (Å²) in [6.07, 6.45) is -3.12. The number of benzene rings is 2. The van der Waals surface area contributed by atoms with E-state index in [0.29, 0.717) is 5.56 Å². The van der Waals surface area contributed by atoms with E-state index in [4.69, 9.17) is 5.26 Å². The summed E-state index contributed by atoms with van der Waals surface area (Å²) in [7, 11) is 0. The Morgan fingerprint density at radius 3 is 2.35 bits per heavy atom. The number of piperazine rings is 1. The summed E-state index contributed by atoms with van der Waals surface area (Å²) >= 11 is 0. The number of amides is 2. The minimum Gasteiger partial charge on any atom is -0.322 e. The standard InChI is InChI=1S/C23H16F4N4O3/c24-18-7-15(10-28)3-6-19(18)30-12-20(33)31(22(21(30)34)8-17(9-22)29-13-32)11-14-1-4-16(5-2-14)23(25,26)27/h1-7,17H,8-9,11-12H2. The largest absolute Gasteiger partial charge is 0.416 e. The molecule has 0 atom stereocenters. The van der Waals surface area contributed by atoms with Crippen LogP contribution in [0.4, 0.5) is 23.2 Å². The summed E-state index contributed by atoms with van der Waals surface area (Å²) in [4.78, 5) is 43.2. The van der Waals surface area contributed by atoms with Gasteiger partial charge in [-0.25, -0.2) is 14.2 Å². The smallest absolute Gasteiger partial charge is 0.322 e. The van der Waals surface area contributed by atoms with E-state index >= 15 is 0 Å². The number of rotatable bonds is 4. The molecule has 1 aliphatic carbocycles. The van der Waals surface area contributed by atoms with Gasteiger partial charge < -0.3 is 4.90 Å². The molecule has 34 heavy (non-hydrogen) atoms. The Bertz CT molecular complexity index is 1240. The highest BCUT2D eigenvalue weighted by Gasteiger charge is 2.60. The van der Waals surface area contributed by atoms with Gasteiger partial charge in [0.25, 0.3) is 5.91 Å². The van der Waals surface area contributed by atoms with Crippen molar-refractivity contribution in [3.05, 3.63) is 65.0 Å². The van der Waals surface area contributed by atoms with Crippen LogP contribution < -0.4 is 4.90 Å². The van der Waals surface area contributed by atoms with E-state index < -0.39 is 47.5 Å². The lowest BCUT2D eigenvalue weighted by Crippen LogP contribution is -2.73. The van der Waals surface area contributed by atoms with Gasteiger partial charge in [-0.15, -0.1) is 0 Å². The van der Waals surface area contributed by atoms with Crippen molar-refractivity contribution in [2.45, 2.75) is 37.1 Å². The maximum absolute atomic E-state index is 14.6. The second kappa shape index (κ2) is 8.39. The van der Waals surface area contributed by atoms with Crippen LogP contribution in [0.2, 0.25) is 0 Å². The van der Waals surface area contributed by atoms with Gasteiger partial charge in [0.2, 0.25) is 12.0 Å². The molecular formula is C23H16F4N4O3. The molecule has 0 aromatic heterocycles. The summed E-state index contributed by atoms with van der Waals surface area (Å²) in [6.45, 7) is -0.643. The molecule has 0 radical (unpaired) electrons. The Balaban J connectivity index is 1.67. The Kier molecular flexibility index (Phi) is 5.71. The Hall–Kier alpha value is -4.03. The lowest BCUT2D eigenvalue weighted by Gasteiger charge is -2.55. The fourth-order valence-corrected chi connectivity index (χ4v) is 4.39. The monoisotopic (exact) mass is 472 g/mol. The van der Waals surface area contributed by atoms with Crippen LogP contribution in [0.1, 0.15) is 29.5 Å². The molecule has 174 valence electrons. The van der Waals surface area contributed by atoms with Gasteiger partial charge in [-0.2, -0.15) is 18.4 Å². The van der Waals surface area contributed by atoms with Gasteiger partial charge in [-0.05, 0) is 35.9 Å². The zero-order valence-corrected chi connectivity index (χ0v) is 17.5. The number of nitrogens with zero attached hydrogens (tertiary/aromatic N) is 4. The molecule has 2 aromatic carbocycles. The first-order valence-corrected chi connectivity index (χ1v) is 10.1. The number of isocyanates is 1. The minimum absolute atomic E-state index is 0.0121. The number of halogens is 4. The van der Waals surface area contributed by atoms with Crippen molar-refractivity contribution in [2.24, 2.45) is 4.99 Å². The number of anilines is 1. The van der Waals surface area contributed by atoms with Crippen molar-refractivity contribution in [1.29, 1.82) is 5.26 Å². The first-order chi connectivity index (χ1) is 16.1. The highest BCUT2D eigenvalue weighted by Crippen LogP contribution is 2.45. The molecule has 11 heteroatoms. The molecule has 0 unspecified atom stereocenters. The number of alkyl halides is 3. The SMILES string of the molecule is N#Cc1ccc(N2CC(=O)N(Cc3ccc(C(F)(F)F)cc3)C3(CC(N=C=O)C3)C2=O)c(F)c1. The average molecular weight is 472 g/mol. The first kappa shape index (κ1) is 23.1. The topological polar surface area (TPSA) is 93.8 Å². The van der Waals surface area contributed by atoms with Gasteiger partial charge in [0.15, 0.2) is 0 Å². The zero-order chi connectivity index (χ0) is 24.7. The number of carbonyl (C=O) groups excluding carboxylic acids is 3. The minimum atomic E-state index is -4.52. The van der Waals surface area contributed by atoms with Crippen molar-refractivity contribution in [2.75, 3.05) is 11.4 Å². The van der Waals surface area contributed by atoms with Crippen molar-refractivity contribution in [3.63, 3.8) is 0 Å². The molecule has 1 heterocycles. The maximum Gasteiger partial charge on any atom is 0.416 e. The van der Waals surface area contributed by atoms with E-state index in [0.717, 1.165) is 23.1 Å². The molecule has 2 fully saturated rings. The lowest BCUT2D eigenvalue weighted by molar-refractivity contribution is -0.159. The van der Waals surface area contributed by atoms with E-state index in [1.807, 2.05) is 0 Å². The van der Waals surface area contributed by atoms with Crippen LogP contribution >= 0.6 is 0 Å². The summed E-state index contributed by atoms with van der Waals surface area (Å²) in [5.74, 6) is -2.00. The van der Waals surface area contributed by atoms with Gasteiger partial charge in [-0.3, -0.25) is 14.5 Å². The van der Waals surface area contributed by atoms with Gasteiger partial charge in [0.05, 0.1) is 28.9 Å². The predicted octanol–water partition coefficient (Wildman–Crippen LogP) is 3.33. The van der Waals surface area contributed by atoms with Gasteiger partial charge in [-0.1, -0.05) is 12.1 Å². The molecule has 1 aliphatic heterocycles. The van der Waals surface area contributed by atoms with Crippen LogP contribution in [-0.2, 0) is 27.1 Å². The summed E-state index contributed by atoms with van der Waals surface area (Å²) < 4.78 is 53.3. The molecule has 4 rings (SSSR count). The number of carbonyl (C=O) groups is 2. The third kappa shape index (κ3) is 3.93. The van der Waals surface area contributed by atoms with Crippen molar-refractivity contribution in [1.82, 2.24) is 4.90 Å². The molecule has 1 spiro atoms. The maximum atomic E-state index is 14.6. The molecule has 2 aliphatic rings. The van der Waals surface area contributed by atoms with Gasteiger partial charge in [0.1, 0.15) is 17.9 Å². The van der Waals surface area contributed by atoms with E-state index in [-0.39, 0.29) is 30.6 Å². The molecule has 2 aromatic rings. The fourth-order valence-electron chi connectivity index (χ4n) is 4.39. The van der Waals surface area contributed by atoms with E-state index in [1.54, 1.807) is 6.07 Å². The molecule has 0 N–H and O–H groups in total. The van der Waals surface area contributed by atoms with Gasteiger partial charge in [0, 0.05) is 19.4 Å². The van der Waals surface area contributed by atoms with Crippen LogP contribution in [0.15, 0.2) is 47.5 Å². The van der Waals surface area contributed by atoms with Crippen LogP contribution in [-0.4, -0.2) is 40.9 Å². The molecule has 7 nitrogen and oxygen atoms in total. The average Bonchev–Trinajstić information content (AvgIpc) is 2.77. The fraction of sp³-hybridized carbons (Fsp3) is 0.304. The quantitative estimate of drug-likeness (QED) is 0.388. The molecule has 1 saturated heterocycles. The third-order valence-corrected chi connectivity index (χ3v) is 6.13. The Labute approximate surface area is 190 Å². The zero-order valence-electron chi connectivity index (χ0n) is 17.5. The van der Waals surface area contributed by atoms with Gasteiger partial charge >= 0.3 is 6.18 Å². The molecule has 1 saturated carbocycles. The number of nitriles is 1. The van der Waals surface area contributed by atoms with Crippen LogP contribution in [0, 0.1) is 17.1 Å². The highest BCUT2D eigenvalue weighted by molar-refractivity contribution is 6.10. The molecule has 2 amide bonds. The molecule has 0 bridgehead atoms. The number of hydrogen-bond acceptors (Lipinski definition) is 5. The second-order valence-electron chi connectivity index (χ2n) is 8.16. The van der Waals surface area contributed by atoms with Crippen LogP contribution in [0.25, 0.3) is 0 Å². The van der Waals surface area contributed by atoms with E-state index in [2.05, 4.69) is 4.99 Å². The Morgan fingerprint density at radius 2 is 1.79 bits per heavy atom. The summed E-state index contributed by atoms with van der Waals surface area (Å²) in [5, 5.41) is 8.94. The van der Waals surface area contributed by atoms with E-state index in [9.17, 15) is 31.9 Å². The third-order valence-electron chi connectivity index (χ3n) is 6.13. The summed E-state index contributed by atoms with van der Waals surface area (Å²) in [5.41, 5.74) is -2.05. The number of aliphatic imine (C=N–C) groups is 1. The van der Waals surface area contributed by atoms with Crippen molar-refractivity contribution in [3.8, 4) is 6.07 Å². The van der Waals surface area contributed by atoms with Crippen LogP contribution in [0.5, 0.6) is 0 Å². The highest BCUT2D eigenvalue weighted by atomic mass is 19.4. The lowest BCUT2D eigenvalue weighted by atomic mass is 9.69. The molecular weight excluding hydrogens is 456 g/mol. The number of hydrogen-bond donors (Lipinski definition) is 0. The second-order valence-corrected chi connectivity index (χ2v) is 8.16. The summed E-state index contributed by atoms with van der Waals surface area (Å²) in [6, 6.07) is 8.93. The normalized spacial score (nSPS) is 22.3. The predicted molar refractivity (Wildman–Crippen MR) is 109 cm³/mol.